The van der Waals surface area contributed by atoms with Gasteiger partial charge in [-0.1, -0.05) is 18.2 Å². The van der Waals surface area contributed by atoms with Gasteiger partial charge < -0.3 is 0 Å². The van der Waals surface area contributed by atoms with Crippen LogP contribution in [0, 0.1) is 3.70 Å². The molecule has 0 atom stereocenters. The Labute approximate surface area is 129 Å². The molecule has 1 heterocycles. The number of alkyl halides is 6. The normalized spacial score (nSPS) is 12.5. The summed E-state index contributed by atoms with van der Waals surface area (Å²) in [6, 6.07) is 4.82. The van der Waals surface area contributed by atoms with Crippen molar-refractivity contribution in [1.29, 1.82) is 0 Å². The maximum Gasteiger partial charge on any atom is 0.417 e. The molecule has 0 aliphatic heterocycles. The molecule has 0 aliphatic carbocycles. The van der Waals surface area contributed by atoms with Gasteiger partial charge in [0.25, 0.3) is 0 Å². The molecule has 112 valence electrons. The van der Waals surface area contributed by atoms with Crippen LogP contribution in [-0.4, -0.2) is 4.98 Å². The molecule has 2 aromatic rings. The summed E-state index contributed by atoms with van der Waals surface area (Å²) >= 11 is 1.50. The molecule has 1 nitrogen and oxygen atoms in total. The molecule has 2 rings (SSSR count). The zero-order valence-corrected chi connectivity index (χ0v) is 12.2. The van der Waals surface area contributed by atoms with E-state index in [0.29, 0.717) is 6.07 Å². The van der Waals surface area contributed by atoms with Gasteiger partial charge in [-0.25, -0.2) is 4.98 Å². The first-order valence-electron chi connectivity index (χ1n) is 5.50. The van der Waals surface area contributed by atoms with Crippen LogP contribution in [0.15, 0.2) is 36.5 Å². The molecule has 21 heavy (non-hydrogen) atoms. The molecule has 0 amide bonds. The van der Waals surface area contributed by atoms with Crippen molar-refractivity contribution in [3.8, 4) is 11.1 Å². The fraction of sp³-hybridized carbons (Fsp3) is 0.154. The van der Waals surface area contributed by atoms with Gasteiger partial charge in [0, 0.05) is 11.8 Å². The zero-order chi connectivity index (χ0) is 15.8. The molecule has 0 spiro atoms. The van der Waals surface area contributed by atoms with E-state index >= 15 is 0 Å². The zero-order valence-electron chi connectivity index (χ0n) is 10.1. The summed E-state index contributed by atoms with van der Waals surface area (Å²) in [7, 11) is 0. The highest BCUT2D eigenvalue weighted by atomic mass is 127. The summed E-state index contributed by atoms with van der Waals surface area (Å²) in [6.45, 7) is 0. The minimum absolute atomic E-state index is 0.140. The van der Waals surface area contributed by atoms with E-state index in [1.807, 2.05) is 0 Å². The van der Waals surface area contributed by atoms with Crippen molar-refractivity contribution in [2.24, 2.45) is 0 Å². The summed E-state index contributed by atoms with van der Waals surface area (Å²) in [4.78, 5) is 3.67. The molecule has 0 N–H and O–H groups in total. The number of nitrogens with zero attached hydrogens (tertiary/aromatic N) is 1. The maximum atomic E-state index is 13.0. The first kappa shape index (κ1) is 16.1. The second-order valence-corrected chi connectivity index (χ2v) is 5.09. The largest absolute Gasteiger partial charge is 0.417 e. The van der Waals surface area contributed by atoms with Crippen LogP contribution in [0.4, 0.5) is 26.3 Å². The minimum atomic E-state index is -4.77. The SMILES string of the molecule is FC(F)(F)c1ccccc1-c1c(C(F)(F)F)ccnc1I. The average molecular weight is 417 g/mol. The van der Waals surface area contributed by atoms with Gasteiger partial charge in [-0.05, 0) is 40.3 Å². The fourth-order valence-electron chi connectivity index (χ4n) is 1.88. The molecular formula is C13H6F6IN. The molecule has 8 heteroatoms. The predicted molar refractivity (Wildman–Crippen MR) is 72.4 cm³/mol. The molecule has 0 saturated heterocycles. The van der Waals surface area contributed by atoms with Crippen LogP contribution < -0.4 is 0 Å². The molecule has 1 aromatic carbocycles. The second kappa shape index (κ2) is 5.47. The molecule has 0 aliphatic rings. The van der Waals surface area contributed by atoms with Gasteiger partial charge in [-0.15, -0.1) is 0 Å². The maximum absolute atomic E-state index is 13.0. The molecule has 0 fully saturated rings. The Morgan fingerprint density at radius 3 is 1.95 bits per heavy atom. The Morgan fingerprint density at radius 2 is 1.38 bits per heavy atom. The van der Waals surface area contributed by atoms with E-state index < -0.39 is 34.6 Å². The first-order valence-corrected chi connectivity index (χ1v) is 6.58. The first-order chi connectivity index (χ1) is 9.62. The number of halogens is 7. The van der Waals surface area contributed by atoms with Crippen LogP contribution in [0.1, 0.15) is 11.1 Å². The van der Waals surface area contributed by atoms with E-state index in [1.54, 1.807) is 0 Å². The lowest BCUT2D eigenvalue weighted by atomic mass is 9.96. The number of rotatable bonds is 1. The summed E-state index contributed by atoms with van der Waals surface area (Å²) in [5.74, 6) is 0. The quantitative estimate of drug-likeness (QED) is 0.345. The van der Waals surface area contributed by atoms with E-state index in [1.165, 1.54) is 28.7 Å². The number of hydrogen-bond acceptors (Lipinski definition) is 1. The van der Waals surface area contributed by atoms with Crippen molar-refractivity contribution in [3.05, 3.63) is 51.4 Å². The van der Waals surface area contributed by atoms with Crippen LogP contribution in [0.3, 0.4) is 0 Å². The lowest BCUT2D eigenvalue weighted by Crippen LogP contribution is -2.12. The van der Waals surface area contributed by atoms with Crippen molar-refractivity contribution >= 4 is 22.6 Å². The summed E-state index contributed by atoms with van der Waals surface area (Å²) in [6.07, 6.45) is -8.60. The number of aromatic nitrogens is 1. The van der Waals surface area contributed by atoms with Gasteiger partial charge in [0.1, 0.15) is 3.70 Å². The van der Waals surface area contributed by atoms with E-state index in [4.69, 9.17) is 0 Å². The third-order valence-corrected chi connectivity index (χ3v) is 3.53. The Hall–Kier alpha value is -1.32. The third-order valence-electron chi connectivity index (χ3n) is 2.71. The fourth-order valence-corrected chi connectivity index (χ4v) is 2.62. The third kappa shape index (κ3) is 3.30. The van der Waals surface area contributed by atoms with E-state index in [-0.39, 0.29) is 3.70 Å². The highest BCUT2D eigenvalue weighted by Gasteiger charge is 2.39. The highest BCUT2D eigenvalue weighted by molar-refractivity contribution is 14.1. The number of benzene rings is 1. The molecule has 0 saturated carbocycles. The Kier molecular flexibility index (Phi) is 4.18. The minimum Gasteiger partial charge on any atom is -0.250 e. The van der Waals surface area contributed by atoms with Crippen LogP contribution in [0.25, 0.3) is 11.1 Å². The van der Waals surface area contributed by atoms with Gasteiger partial charge in [-0.3, -0.25) is 0 Å². The Bertz CT molecular complexity index is 662. The predicted octanol–water partition coefficient (Wildman–Crippen LogP) is 5.39. The van der Waals surface area contributed by atoms with E-state index in [2.05, 4.69) is 4.98 Å². The van der Waals surface area contributed by atoms with Gasteiger partial charge in [0.2, 0.25) is 0 Å². The standard InChI is InChI=1S/C13H6F6IN/c14-12(15,16)8-4-2-1-3-7(8)10-9(13(17,18)19)5-6-21-11(10)20/h1-6H. The molecule has 0 unspecified atom stereocenters. The molecule has 1 aromatic heterocycles. The monoisotopic (exact) mass is 417 g/mol. The van der Waals surface area contributed by atoms with E-state index in [0.717, 1.165) is 24.4 Å². The van der Waals surface area contributed by atoms with Crippen molar-refractivity contribution in [2.45, 2.75) is 12.4 Å². The number of hydrogen-bond donors (Lipinski definition) is 0. The van der Waals surface area contributed by atoms with Crippen LogP contribution >= 0.6 is 22.6 Å². The molecular weight excluding hydrogens is 411 g/mol. The van der Waals surface area contributed by atoms with Gasteiger partial charge >= 0.3 is 12.4 Å². The van der Waals surface area contributed by atoms with Gasteiger partial charge in [-0.2, -0.15) is 26.3 Å². The van der Waals surface area contributed by atoms with E-state index in [9.17, 15) is 26.3 Å². The average Bonchev–Trinajstić information content (AvgIpc) is 2.36. The van der Waals surface area contributed by atoms with Crippen LogP contribution in [-0.2, 0) is 12.4 Å². The summed E-state index contributed by atoms with van der Waals surface area (Å²) in [5.41, 5.74) is -3.35. The highest BCUT2D eigenvalue weighted by Crippen LogP contribution is 2.43. The molecule has 0 radical (unpaired) electrons. The summed E-state index contributed by atoms with van der Waals surface area (Å²) in [5, 5.41) is 0. The van der Waals surface area contributed by atoms with Gasteiger partial charge in [0.15, 0.2) is 0 Å². The van der Waals surface area contributed by atoms with Crippen molar-refractivity contribution < 1.29 is 26.3 Å². The van der Waals surface area contributed by atoms with Crippen LogP contribution in [0.2, 0.25) is 0 Å². The topological polar surface area (TPSA) is 12.9 Å². The van der Waals surface area contributed by atoms with Gasteiger partial charge in [0.05, 0.1) is 11.1 Å². The Morgan fingerprint density at radius 1 is 0.810 bits per heavy atom. The number of pyridine rings is 1. The van der Waals surface area contributed by atoms with Crippen molar-refractivity contribution in [3.63, 3.8) is 0 Å². The van der Waals surface area contributed by atoms with Crippen molar-refractivity contribution in [2.75, 3.05) is 0 Å². The van der Waals surface area contributed by atoms with Crippen LogP contribution in [0.5, 0.6) is 0 Å². The Balaban J connectivity index is 2.81. The lowest BCUT2D eigenvalue weighted by molar-refractivity contribution is -0.139. The lowest BCUT2D eigenvalue weighted by Gasteiger charge is -2.18. The molecule has 0 bridgehead atoms. The summed E-state index contributed by atoms with van der Waals surface area (Å²) < 4.78 is 77.9. The second-order valence-electron chi connectivity index (χ2n) is 4.07. The van der Waals surface area contributed by atoms with Crippen molar-refractivity contribution in [1.82, 2.24) is 4.98 Å². The smallest absolute Gasteiger partial charge is 0.250 e.